The highest BCUT2D eigenvalue weighted by Gasteiger charge is 2.24. The standard InChI is InChI=1S/C23H38N4OS2/c1-2-3-4-5-6-7-8-9-10-13-19-29-30-23-26-25-22(20-15-14-18-28-20)27(23)21-16-11-12-17-24-21/h14-15,18,21,24H,2-13,16-17,19H2,1H3. The number of hydrogen-bond donors (Lipinski definition) is 1. The normalized spacial score (nSPS) is 16.9. The molecule has 0 radical (unpaired) electrons. The van der Waals surface area contributed by atoms with Crippen molar-refractivity contribution in [2.75, 3.05) is 12.3 Å². The molecule has 1 atom stereocenters. The van der Waals surface area contributed by atoms with Crippen LogP contribution >= 0.6 is 21.6 Å². The van der Waals surface area contributed by atoms with Crippen LogP contribution in [0.3, 0.4) is 0 Å². The van der Waals surface area contributed by atoms with Crippen LogP contribution in [0.4, 0.5) is 0 Å². The Balaban J connectivity index is 1.37. The molecule has 168 valence electrons. The SMILES string of the molecule is CCCCCCCCCCCCSSc1nnc(-c2ccco2)n1C1CCCCN1. The zero-order valence-corrected chi connectivity index (χ0v) is 20.1. The fourth-order valence-corrected chi connectivity index (χ4v) is 6.12. The predicted molar refractivity (Wildman–Crippen MR) is 129 cm³/mol. The minimum Gasteiger partial charge on any atom is -0.461 e. The Labute approximate surface area is 190 Å². The molecule has 3 rings (SSSR count). The molecule has 7 heteroatoms. The first kappa shape index (κ1) is 23.7. The van der Waals surface area contributed by atoms with Gasteiger partial charge in [0.05, 0.1) is 12.4 Å². The van der Waals surface area contributed by atoms with Crippen molar-refractivity contribution in [1.29, 1.82) is 0 Å². The summed E-state index contributed by atoms with van der Waals surface area (Å²) >= 11 is 0. The second kappa shape index (κ2) is 14.2. The summed E-state index contributed by atoms with van der Waals surface area (Å²) in [5, 5.41) is 13.6. The van der Waals surface area contributed by atoms with E-state index in [4.69, 9.17) is 4.42 Å². The predicted octanol–water partition coefficient (Wildman–Crippen LogP) is 7.47. The first-order valence-electron chi connectivity index (χ1n) is 11.9. The monoisotopic (exact) mass is 450 g/mol. The molecule has 0 bridgehead atoms. The van der Waals surface area contributed by atoms with Crippen LogP contribution in [-0.4, -0.2) is 27.1 Å². The minimum atomic E-state index is 0.259. The molecule has 2 aromatic rings. The van der Waals surface area contributed by atoms with Crippen LogP contribution in [0.1, 0.15) is 96.6 Å². The van der Waals surface area contributed by atoms with Crippen LogP contribution < -0.4 is 5.32 Å². The van der Waals surface area contributed by atoms with E-state index in [-0.39, 0.29) is 6.17 Å². The van der Waals surface area contributed by atoms with E-state index in [1.54, 1.807) is 17.1 Å². The lowest BCUT2D eigenvalue weighted by Gasteiger charge is -2.26. The van der Waals surface area contributed by atoms with Gasteiger partial charge in [-0.1, -0.05) is 75.5 Å². The number of furan rings is 1. The average Bonchev–Trinajstić information content (AvgIpc) is 3.45. The van der Waals surface area contributed by atoms with Gasteiger partial charge in [0.25, 0.3) is 0 Å². The van der Waals surface area contributed by atoms with Gasteiger partial charge in [-0.15, -0.1) is 10.2 Å². The van der Waals surface area contributed by atoms with Crippen molar-refractivity contribution in [1.82, 2.24) is 20.1 Å². The molecule has 1 aliphatic heterocycles. The lowest BCUT2D eigenvalue weighted by molar-refractivity contribution is 0.306. The lowest BCUT2D eigenvalue weighted by atomic mass is 10.1. The molecule has 1 saturated heterocycles. The van der Waals surface area contributed by atoms with Crippen molar-refractivity contribution in [3.63, 3.8) is 0 Å². The zero-order chi connectivity index (χ0) is 20.9. The first-order chi connectivity index (χ1) is 14.9. The summed E-state index contributed by atoms with van der Waals surface area (Å²) in [5.41, 5.74) is 0. The van der Waals surface area contributed by atoms with E-state index in [2.05, 4.69) is 27.0 Å². The third-order valence-electron chi connectivity index (χ3n) is 5.72. The fourth-order valence-electron chi connectivity index (χ4n) is 3.99. The fraction of sp³-hybridized carbons (Fsp3) is 0.739. The van der Waals surface area contributed by atoms with Gasteiger partial charge in [-0.25, -0.2) is 0 Å². The molecule has 1 N–H and O–H groups in total. The summed E-state index contributed by atoms with van der Waals surface area (Å²) in [6, 6.07) is 3.88. The molecule has 0 spiro atoms. The number of aromatic nitrogens is 3. The van der Waals surface area contributed by atoms with Crippen molar-refractivity contribution < 1.29 is 4.42 Å². The molecule has 2 aromatic heterocycles. The van der Waals surface area contributed by atoms with E-state index in [9.17, 15) is 0 Å². The van der Waals surface area contributed by atoms with E-state index < -0.39 is 0 Å². The van der Waals surface area contributed by atoms with Crippen molar-refractivity contribution in [3.05, 3.63) is 18.4 Å². The maximum atomic E-state index is 5.61. The van der Waals surface area contributed by atoms with Gasteiger partial charge in [-0.3, -0.25) is 9.88 Å². The highest BCUT2D eigenvalue weighted by atomic mass is 33.1. The van der Waals surface area contributed by atoms with Crippen LogP contribution in [0.5, 0.6) is 0 Å². The van der Waals surface area contributed by atoms with Crippen LogP contribution in [-0.2, 0) is 0 Å². The van der Waals surface area contributed by atoms with E-state index in [1.165, 1.54) is 82.8 Å². The Kier molecular flexibility index (Phi) is 11.2. The smallest absolute Gasteiger partial charge is 0.203 e. The zero-order valence-electron chi connectivity index (χ0n) is 18.5. The lowest BCUT2D eigenvalue weighted by Crippen LogP contribution is -2.32. The third-order valence-corrected chi connectivity index (χ3v) is 8.02. The second-order valence-corrected chi connectivity index (χ2v) is 10.6. The molecular formula is C23H38N4OS2. The summed E-state index contributed by atoms with van der Waals surface area (Å²) in [7, 11) is 3.67. The quantitative estimate of drug-likeness (QED) is 0.224. The molecule has 0 aliphatic carbocycles. The first-order valence-corrected chi connectivity index (χ1v) is 14.2. The number of unbranched alkanes of at least 4 members (excludes halogenated alkanes) is 9. The summed E-state index contributed by atoms with van der Waals surface area (Å²) in [6.07, 6.45) is 19.4. The van der Waals surface area contributed by atoms with Gasteiger partial charge in [0.1, 0.15) is 0 Å². The van der Waals surface area contributed by atoms with Crippen molar-refractivity contribution in [2.45, 2.75) is 102 Å². The number of nitrogens with zero attached hydrogens (tertiary/aromatic N) is 3. The minimum absolute atomic E-state index is 0.259. The van der Waals surface area contributed by atoms with E-state index in [0.29, 0.717) is 0 Å². The Morgan fingerprint density at radius 3 is 2.47 bits per heavy atom. The molecule has 3 heterocycles. The number of nitrogens with one attached hydrogen (secondary N) is 1. The van der Waals surface area contributed by atoms with Gasteiger partial charge < -0.3 is 4.42 Å². The summed E-state index contributed by atoms with van der Waals surface area (Å²) in [6.45, 7) is 3.33. The number of hydrogen-bond acceptors (Lipinski definition) is 6. The summed E-state index contributed by atoms with van der Waals surface area (Å²) in [5.74, 6) is 2.80. The molecule has 0 saturated carbocycles. The highest BCUT2D eigenvalue weighted by Crippen LogP contribution is 2.36. The van der Waals surface area contributed by atoms with Gasteiger partial charge in [-0.05, 0) is 55.2 Å². The van der Waals surface area contributed by atoms with Gasteiger partial charge in [0, 0.05) is 5.75 Å². The largest absolute Gasteiger partial charge is 0.461 e. The highest BCUT2D eigenvalue weighted by molar-refractivity contribution is 8.76. The Hall–Kier alpha value is -0.920. The average molecular weight is 451 g/mol. The van der Waals surface area contributed by atoms with Gasteiger partial charge >= 0.3 is 0 Å². The van der Waals surface area contributed by atoms with Crippen molar-refractivity contribution >= 4 is 21.6 Å². The van der Waals surface area contributed by atoms with Gasteiger partial charge in [-0.2, -0.15) is 0 Å². The van der Waals surface area contributed by atoms with E-state index in [1.807, 2.05) is 22.9 Å². The Morgan fingerprint density at radius 2 is 1.80 bits per heavy atom. The molecule has 1 aliphatic rings. The van der Waals surface area contributed by atoms with Crippen LogP contribution in [0.2, 0.25) is 0 Å². The van der Waals surface area contributed by atoms with Gasteiger partial charge in [0.15, 0.2) is 5.76 Å². The molecule has 1 unspecified atom stereocenters. The van der Waals surface area contributed by atoms with Crippen LogP contribution in [0.25, 0.3) is 11.6 Å². The van der Waals surface area contributed by atoms with Crippen molar-refractivity contribution in [3.8, 4) is 11.6 Å². The molecule has 0 amide bonds. The maximum Gasteiger partial charge on any atom is 0.203 e. The van der Waals surface area contributed by atoms with Gasteiger partial charge in [0.2, 0.25) is 11.0 Å². The molecule has 0 aromatic carbocycles. The van der Waals surface area contributed by atoms with Crippen molar-refractivity contribution in [2.24, 2.45) is 0 Å². The maximum absolute atomic E-state index is 5.61. The second-order valence-electron chi connectivity index (χ2n) is 8.21. The van der Waals surface area contributed by atoms with Crippen LogP contribution in [0.15, 0.2) is 28.0 Å². The molecule has 30 heavy (non-hydrogen) atoms. The third kappa shape index (κ3) is 7.65. The number of rotatable bonds is 15. The summed E-state index contributed by atoms with van der Waals surface area (Å²) in [4.78, 5) is 0. The Morgan fingerprint density at radius 1 is 1.03 bits per heavy atom. The topological polar surface area (TPSA) is 55.9 Å². The molecule has 1 fully saturated rings. The molecular weight excluding hydrogens is 412 g/mol. The van der Waals surface area contributed by atoms with Crippen LogP contribution in [0, 0.1) is 0 Å². The summed E-state index contributed by atoms with van der Waals surface area (Å²) < 4.78 is 7.86. The van der Waals surface area contributed by atoms with E-state index >= 15 is 0 Å². The molecule has 5 nitrogen and oxygen atoms in total. The number of piperidine rings is 1. The van der Waals surface area contributed by atoms with E-state index in [0.717, 1.165) is 29.7 Å². The Bertz CT molecular complexity index is 683.